The van der Waals surface area contributed by atoms with Crippen LogP contribution in [-0.4, -0.2) is 44.9 Å². The maximum Gasteiger partial charge on any atom is 0.273 e. The van der Waals surface area contributed by atoms with Gasteiger partial charge >= 0.3 is 0 Å². The molecule has 1 amide bonds. The molecule has 2 N–H and O–H groups in total. The number of hydrogen-bond acceptors (Lipinski definition) is 8. The molecule has 2 saturated carbocycles. The van der Waals surface area contributed by atoms with E-state index in [4.69, 9.17) is 32.3 Å². The van der Waals surface area contributed by atoms with Gasteiger partial charge in [-0.25, -0.2) is 24.3 Å². The Morgan fingerprint density at radius 2 is 1.87 bits per heavy atom. The first-order valence-electron chi connectivity index (χ1n) is 15.0. The molecule has 2 aliphatic rings. The minimum atomic E-state index is -0.612. The summed E-state index contributed by atoms with van der Waals surface area (Å²) < 4.78 is 17.3. The molecule has 0 spiro atoms. The number of carbonyl (C=O) groups is 1. The first-order valence-corrected chi connectivity index (χ1v) is 15.4. The molecule has 0 saturated heterocycles. The zero-order valence-corrected chi connectivity index (χ0v) is 25.5. The van der Waals surface area contributed by atoms with Gasteiger partial charge in [0.15, 0.2) is 11.3 Å². The van der Waals surface area contributed by atoms with Crippen LogP contribution in [0.1, 0.15) is 58.8 Å². The number of aromatic nitrogens is 8. The number of hydrogen-bond donors (Lipinski definition) is 1. The van der Waals surface area contributed by atoms with Crippen LogP contribution in [0.4, 0.5) is 4.39 Å². The number of carbonyl (C=O) groups excluding carboxylic acids is 1. The van der Waals surface area contributed by atoms with Crippen molar-refractivity contribution in [3.63, 3.8) is 0 Å². The third-order valence-electron chi connectivity index (χ3n) is 8.92. The monoisotopic (exact) mass is 635 g/mol. The van der Waals surface area contributed by atoms with Gasteiger partial charge in [0.1, 0.15) is 22.5 Å². The van der Waals surface area contributed by atoms with Crippen molar-refractivity contribution >= 4 is 39.8 Å². The van der Waals surface area contributed by atoms with Crippen LogP contribution in [0.2, 0.25) is 5.02 Å². The summed E-state index contributed by atoms with van der Waals surface area (Å²) in [5, 5.41) is 0.494. The maximum atomic E-state index is 13.8. The van der Waals surface area contributed by atoms with Gasteiger partial charge in [0.25, 0.3) is 11.5 Å². The predicted octanol–water partition coefficient (Wildman–Crippen LogP) is 4.73. The van der Waals surface area contributed by atoms with Gasteiger partial charge < -0.3 is 10.3 Å². The number of fused-ring (bicyclic) bond motifs is 2. The number of primary amides is 1. The van der Waals surface area contributed by atoms with Gasteiger partial charge in [-0.05, 0) is 75.3 Å². The second kappa shape index (κ2) is 10.5. The fraction of sp³-hybridized carbons (Fsp3) is 0.273. The van der Waals surface area contributed by atoms with E-state index < -0.39 is 17.3 Å². The molecule has 8 rings (SSSR count). The molecule has 6 heterocycles. The summed E-state index contributed by atoms with van der Waals surface area (Å²) >= 11 is 6.01. The predicted molar refractivity (Wildman–Crippen MR) is 169 cm³/mol. The van der Waals surface area contributed by atoms with Gasteiger partial charge in [-0.1, -0.05) is 11.6 Å². The van der Waals surface area contributed by atoms with Crippen LogP contribution in [0.15, 0.2) is 60.0 Å². The van der Waals surface area contributed by atoms with E-state index in [1.165, 1.54) is 23.0 Å². The van der Waals surface area contributed by atoms with E-state index in [9.17, 15) is 14.0 Å². The van der Waals surface area contributed by atoms with Crippen molar-refractivity contribution in [2.24, 2.45) is 11.7 Å². The minimum Gasteiger partial charge on any atom is -0.366 e. The molecular formula is C33H27ClFN9O2. The Balaban J connectivity index is 1.33. The fourth-order valence-corrected chi connectivity index (χ4v) is 6.38. The second-order valence-corrected chi connectivity index (χ2v) is 12.6. The molecule has 13 heteroatoms. The third kappa shape index (κ3) is 4.71. The lowest BCUT2D eigenvalue weighted by Gasteiger charge is -2.19. The summed E-state index contributed by atoms with van der Waals surface area (Å²) in [6.07, 6.45) is 10.3. The lowest BCUT2D eigenvalue weighted by atomic mass is 9.96. The summed E-state index contributed by atoms with van der Waals surface area (Å²) in [6.45, 7) is 1.82. The smallest absolute Gasteiger partial charge is 0.273 e. The first kappa shape index (κ1) is 28.4. The Morgan fingerprint density at radius 1 is 1.04 bits per heavy atom. The number of nitrogens with zero attached hydrogens (tertiary/aromatic N) is 8. The van der Waals surface area contributed by atoms with Crippen molar-refractivity contribution in [3.8, 4) is 11.1 Å². The Kier molecular flexibility index (Phi) is 6.47. The van der Waals surface area contributed by atoms with Crippen molar-refractivity contribution in [1.82, 2.24) is 39.0 Å². The van der Waals surface area contributed by atoms with Crippen molar-refractivity contribution < 1.29 is 9.18 Å². The number of amides is 1. The molecule has 2 aliphatic carbocycles. The number of halogens is 2. The highest BCUT2D eigenvalue weighted by Crippen LogP contribution is 2.50. The quantitative estimate of drug-likeness (QED) is 0.252. The van der Waals surface area contributed by atoms with Gasteiger partial charge in [-0.15, -0.1) is 0 Å². The van der Waals surface area contributed by atoms with Crippen LogP contribution in [0, 0.1) is 18.7 Å². The van der Waals surface area contributed by atoms with Crippen molar-refractivity contribution in [2.45, 2.75) is 51.1 Å². The lowest BCUT2D eigenvalue weighted by molar-refractivity contribution is 0.0999. The van der Waals surface area contributed by atoms with Crippen LogP contribution in [0.5, 0.6) is 0 Å². The van der Waals surface area contributed by atoms with E-state index in [0.29, 0.717) is 67.8 Å². The van der Waals surface area contributed by atoms with Crippen LogP contribution in [-0.2, 0) is 18.5 Å². The van der Waals surface area contributed by atoms with Gasteiger partial charge in [-0.3, -0.25) is 24.1 Å². The summed E-state index contributed by atoms with van der Waals surface area (Å²) in [5.41, 5.74) is 10.8. The Hall–Kier alpha value is -5.10. The van der Waals surface area contributed by atoms with Crippen molar-refractivity contribution in [3.05, 3.63) is 105 Å². The molecule has 2 fully saturated rings. The third-order valence-corrected chi connectivity index (χ3v) is 9.14. The molecule has 0 aromatic carbocycles. The maximum absolute atomic E-state index is 13.8. The molecule has 0 radical (unpaired) electrons. The van der Waals surface area contributed by atoms with E-state index in [0.717, 1.165) is 31.4 Å². The Bertz CT molecular complexity index is 2260. The summed E-state index contributed by atoms with van der Waals surface area (Å²) in [5.74, 6) is -0.606. The summed E-state index contributed by atoms with van der Waals surface area (Å²) in [7, 11) is 0. The largest absolute Gasteiger partial charge is 0.366 e. The molecule has 230 valence electrons. The summed E-state index contributed by atoms with van der Waals surface area (Å²) in [6, 6.07) is 8.37. The van der Waals surface area contributed by atoms with Crippen molar-refractivity contribution in [2.75, 3.05) is 0 Å². The highest BCUT2D eigenvalue weighted by molar-refractivity contribution is 6.30. The Morgan fingerprint density at radius 3 is 2.54 bits per heavy atom. The first-order chi connectivity index (χ1) is 22.2. The van der Waals surface area contributed by atoms with Crippen molar-refractivity contribution in [1.29, 1.82) is 0 Å². The number of imidazole rings is 1. The number of aryl methyl sites for hydroxylation is 1. The van der Waals surface area contributed by atoms with Crippen LogP contribution in [0.25, 0.3) is 33.5 Å². The molecule has 0 bridgehead atoms. The average Bonchev–Trinajstić information content (AvgIpc) is 3.98. The van der Waals surface area contributed by atoms with Crippen LogP contribution >= 0.6 is 11.6 Å². The van der Waals surface area contributed by atoms with Crippen LogP contribution in [0.3, 0.4) is 0 Å². The van der Waals surface area contributed by atoms with Gasteiger partial charge in [0.05, 0.1) is 52.3 Å². The minimum absolute atomic E-state index is 0.170. The molecule has 6 aromatic rings. The standard InChI is InChI=1S/C33H27ClFN9O2/c1-17-32(46)43(15-22-6-4-20(34)13-37-22)30-24(41-17)11-19(12-39-30)26-27(29(36)45)23(10-18-2-3-18)42-31-28(26)40-16-44(31)33(8-9-33)25-7-5-21(35)14-38-25/h4-7,11-14,16,18H,2-3,8-10,15H2,1H3,(H2,36,45). The van der Waals surface area contributed by atoms with Gasteiger partial charge in [0, 0.05) is 23.5 Å². The number of pyridine rings is 4. The molecule has 11 nitrogen and oxygen atoms in total. The Labute approximate surface area is 266 Å². The fourth-order valence-electron chi connectivity index (χ4n) is 6.27. The normalized spacial score (nSPS) is 15.5. The molecule has 0 aliphatic heterocycles. The average molecular weight is 636 g/mol. The van der Waals surface area contributed by atoms with E-state index in [-0.39, 0.29) is 17.8 Å². The highest BCUT2D eigenvalue weighted by atomic mass is 35.5. The number of nitrogens with two attached hydrogens (primary N) is 1. The zero-order chi connectivity index (χ0) is 31.7. The van der Waals surface area contributed by atoms with E-state index in [1.807, 2.05) is 4.57 Å². The molecule has 0 unspecified atom stereocenters. The SMILES string of the molecule is Cc1nc2cc(-c3c(C(N)=O)c(CC4CC4)nc4c3ncn4C3(c4ccc(F)cn4)CC3)cnc2n(Cc2ccc(Cl)cn2)c1=O. The molecule has 46 heavy (non-hydrogen) atoms. The van der Waals surface area contributed by atoms with E-state index in [1.54, 1.807) is 43.7 Å². The van der Waals surface area contributed by atoms with Gasteiger partial charge in [-0.2, -0.15) is 0 Å². The van der Waals surface area contributed by atoms with Crippen LogP contribution < -0.4 is 11.3 Å². The van der Waals surface area contributed by atoms with E-state index in [2.05, 4.69) is 15.0 Å². The highest BCUT2D eigenvalue weighted by Gasteiger charge is 2.49. The molecule has 0 atom stereocenters. The molecular weight excluding hydrogens is 609 g/mol. The topological polar surface area (TPSA) is 147 Å². The molecule has 6 aromatic heterocycles. The zero-order valence-electron chi connectivity index (χ0n) is 24.7. The number of rotatable bonds is 8. The summed E-state index contributed by atoms with van der Waals surface area (Å²) in [4.78, 5) is 54.2. The van der Waals surface area contributed by atoms with Gasteiger partial charge in [0.2, 0.25) is 0 Å². The van der Waals surface area contributed by atoms with E-state index >= 15 is 0 Å². The lowest BCUT2D eigenvalue weighted by Crippen LogP contribution is -2.25. The second-order valence-electron chi connectivity index (χ2n) is 12.1.